The molecule has 112 valence electrons. The molecule has 2 N–H and O–H groups in total. The van der Waals surface area contributed by atoms with Crippen molar-refractivity contribution in [1.29, 1.82) is 0 Å². The number of aromatic carboxylic acids is 1. The lowest BCUT2D eigenvalue weighted by Crippen LogP contribution is -2.26. The van der Waals surface area contributed by atoms with E-state index in [0.717, 1.165) is 17.1 Å². The fourth-order valence-corrected chi connectivity index (χ4v) is 3.58. The summed E-state index contributed by atoms with van der Waals surface area (Å²) >= 11 is 7.18. The Morgan fingerprint density at radius 2 is 2.10 bits per heavy atom. The average molecular weight is 347 g/mol. The summed E-state index contributed by atoms with van der Waals surface area (Å²) in [5.41, 5.74) is -0.0674. The number of thiophene rings is 1. The first-order valence-corrected chi connectivity index (χ1v) is 8.49. The fourth-order valence-electron chi connectivity index (χ4n) is 1.53. The van der Waals surface area contributed by atoms with Gasteiger partial charge in [-0.05, 0) is 30.7 Å². The molecule has 0 aliphatic carbocycles. The largest absolute Gasteiger partial charge is 0.478 e. The molecular weight excluding hydrogens is 336 g/mol. The molecule has 0 saturated heterocycles. The van der Waals surface area contributed by atoms with E-state index in [9.17, 15) is 13.2 Å². The number of rotatable bonds is 6. The quantitative estimate of drug-likeness (QED) is 0.834. The maximum absolute atomic E-state index is 12.0. The number of sulfonamides is 1. The summed E-state index contributed by atoms with van der Waals surface area (Å²) in [6, 6.07) is 5.94. The Bertz CT molecular complexity index is 741. The summed E-state index contributed by atoms with van der Waals surface area (Å²) in [5, 5.41) is 8.52. The number of halogens is 1. The maximum atomic E-state index is 12.0. The summed E-state index contributed by atoms with van der Waals surface area (Å²) < 4.78 is 27.0. The smallest absolute Gasteiger partial charge is 0.337 e. The number of pyridine rings is 1. The fraction of sp³-hybridized carbons (Fsp3) is 0.167. The summed E-state index contributed by atoms with van der Waals surface area (Å²) in [4.78, 5) is 15.3. The Morgan fingerprint density at radius 3 is 2.62 bits per heavy atom. The average Bonchev–Trinajstić information content (AvgIpc) is 2.84. The first kappa shape index (κ1) is 15.9. The molecule has 0 spiro atoms. The number of nitrogens with zero attached hydrogens (tertiary/aromatic N) is 1. The van der Waals surface area contributed by atoms with E-state index in [1.165, 1.54) is 17.4 Å². The molecule has 0 saturated carbocycles. The second kappa shape index (κ2) is 6.52. The molecule has 21 heavy (non-hydrogen) atoms. The van der Waals surface area contributed by atoms with Crippen molar-refractivity contribution in [3.63, 3.8) is 0 Å². The summed E-state index contributed by atoms with van der Waals surface area (Å²) in [6.07, 6.45) is 1.53. The van der Waals surface area contributed by atoms with Crippen LogP contribution in [0.15, 0.2) is 35.5 Å². The Labute approximate surface area is 130 Å². The van der Waals surface area contributed by atoms with E-state index in [1.807, 2.05) is 6.07 Å². The minimum atomic E-state index is -3.75. The highest BCUT2D eigenvalue weighted by Gasteiger charge is 2.16. The van der Waals surface area contributed by atoms with Crippen LogP contribution in [0.1, 0.15) is 15.2 Å². The lowest BCUT2D eigenvalue weighted by Gasteiger charge is -2.05. The number of aromatic nitrogens is 1. The third-order valence-electron chi connectivity index (χ3n) is 2.55. The molecule has 0 aromatic carbocycles. The number of carboxylic acid groups (broad SMARTS) is 1. The van der Waals surface area contributed by atoms with E-state index >= 15 is 0 Å². The third kappa shape index (κ3) is 4.24. The van der Waals surface area contributed by atoms with Gasteiger partial charge in [-0.15, -0.1) is 11.3 Å². The predicted octanol–water partition coefficient (Wildman–Crippen LogP) is 2.02. The first-order chi connectivity index (χ1) is 9.88. The highest BCUT2D eigenvalue weighted by molar-refractivity contribution is 7.89. The van der Waals surface area contributed by atoms with Crippen LogP contribution < -0.4 is 4.72 Å². The van der Waals surface area contributed by atoms with Crippen LogP contribution in [-0.4, -0.2) is 31.0 Å². The van der Waals surface area contributed by atoms with Crippen LogP contribution in [0.2, 0.25) is 4.34 Å². The molecule has 2 heterocycles. The SMILES string of the molecule is O=C(O)c1ccc(S(=O)(=O)NCCc2ccc(Cl)s2)nc1. The van der Waals surface area contributed by atoms with Crippen molar-refractivity contribution >= 4 is 38.9 Å². The molecule has 0 unspecified atom stereocenters. The molecule has 9 heteroatoms. The van der Waals surface area contributed by atoms with E-state index in [2.05, 4.69) is 9.71 Å². The Morgan fingerprint density at radius 1 is 1.33 bits per heavy atom. The summed E-state index contributed by atoms with van der Waals surface area (Å²) in [7, 11) is -3.75. The predicted molar refractivity (Wildman–Crippen MR) is 79.4 cm³/mol. The van der Waals surface area contributed by atoms with Crippen molar-refractivity contribution in [2.45, 2.75) is 11.4 Å². The van der Waals surface area contributed by atoms with Crippen molar-refractivity contribution in [1.82, 2.24) is 9.71 Å². The lowest BCUT2D eigenvalue weighted by atomic mass is 10.3. The topological polar surface area (TPSA) is 96.4 Å². The number of carbonyl (C=O) groups is 1. The second-order valence-electron chi connectivity index (χ2n) is 4.04. The zero-order chi connectivity index (χ0) is 15.5. The third-order valence-corrected chi connectivity index (χ3v) is 5.22. The molecule has 2 aromatic heterocycles. The van der Waals surface area contributed by atoms with Gasteiger partial charge in [0.1, 0.15) is 0 Å². The van der Waals surface area contributed by atoms with Crippen molar-refractivity contribution < 1.29 is 18.3 Å². The lowest BCUT2D eigenvalue weighted by molar-refractivity contribution is 0.0696. The van der Waals surface area contributed by atoms with Crippen LogP contribution in [0.4, 0.5) is 0 Å². The molecule has 0 aliphatic rings. The molecule has 0 aliphatic heterocycles. The van der Waals surface area contributed by atoms with Gasteiger partial charge in [0.2, 0.25) is 0 Å². The normalized spacial score (nSPS) is 11.5. The van der Waals surface area contributed by atoms with Crippen molar-refractivity contribution in [2.24, 2.45) is 0 Å². The Balaban J connectivity index is 1.99. The molecular formula is C12H11ClN2O4S2. The van der Waals surface area contributed by atoms with Gasteiger partial charge in [0.05, 0.1) is 9.90 Å². The minimum Gasteiger partial charge on any atom is -0.478 e. The number of carboxylic acids is 1. The Kier molecular flexibility index (Phi) is 4.94. The van der Waals surface area contributed by atoms with E-state index in [-0.39, 0.29) is 17.1 Å². The van der Waals surface area contributed by atoms with Crippen LogP contribution in [0.25, 0.3) is 0 Å². The number of hydrogen-bond acceptors (Lipinski definition) is 5. The Hall–Kier alpha value is -1.48. The summed E-state index contributed by atoms with van der Waals surface area (Å²) in [6.45, 7) is 0.210. The van der Waals surface area contributed by atoms with Gasteiger partial charge in [-0.25, -0.2) is 22.9 Å². The standard InChI is InChI=1S/C12H11ClN2O4S2/c13-10-3-2-9(20-10)5-6-15-21(18,19)11-4-1-8(7-14-11)12(16)17/h1-4,7,15H,5-6H2,(H,16,17). The van der Waals surface area contributed by atoms with Gasteiger partial charge in [0, 0.05) is 17.6 Å². The minimum absolute atomic E-state index is 0.0674. The van der Waals surface area contributed by atoms with Gasteiger partial charge in [-0.3, -0.25) is 0 Å². The molecule has 2 rings (SSSR count). The number of nitrogens with one attached hydrogen (secondary N) is 1. The van der Waals surface area contributed by atoms with E-state index in [0.29, 0.717) is 10.8 Å². The van der Waals surface area contributed by atoms with Crippen LogP contribution >= 0.6 is 22.9 Å². The van der Waals surface area contributed by atoms with Crippen LogP contribution in [0.3, 0.4) is 0 Å². The van der Waals surface area contributed by atoms with Crippen LogP contribution in [0, 0.1) is 0 Å². The summed E-state index contributed by atoms with van der Waals surface area (Å²) in [5.74, 6) is -1.16. The highest BCUT2D eigenvalue weighted by Crippen LogP contribution is 2.21. The second-order valence-corrected chi connectivity index (χ2v) is 7.56. The zero-order valence-corrected chi connectivity index (χ0v) is 13.0. The van der Waals surface area contributed by atoms with Crippen molar-refractivity contribution in [2.75, 3.05) is 6.54 Å². The van der Waals surface area contributed by atoms with E-state index in [4.69, 9.17) is 16.7 Å². The molecule has 6 nitrogen and oxygen atoms in total. The van der Waals surface area contributed by atoms with Gasteiger partial charge in [0.25, 0.3) is 10.0 Å². The van der Waals surface area contributed by atoms with Gasteiger partial charge in [-0.1, -0.05) is 11.6 Å². The maximum Gasteiger partial charge on any atom is 0.337 e. The molecule has 2 aromatic rings. The van der Waals surface area contributed by atoms with E-state index < -0.39 is 16.0 Å². The van der Waals surface area contributed by atoms with Crippen LogP contribution in [-0.2, 0) is 16.4 Å². The van der Waals surface area contributed by atoms with Crippen molar-refractivity contribution in [3.05, 3.63) is 45.2 Å². The van der Waals surface area contributed by atoms with Gasteiger partial charge in [-0.2, -0.15) is 0 Å². The molecule has 0 fully saturated rings. The molecule has 0 bridgehead atoms. The zero-order valence-electron chi connectivity index (χ0n) is 10.6. The molecule has 0 amide bonds. The van der Waals surface area contributed by atoms with Crippen molar-refractivity contribution in [3.8, 4) is 0 Å². The van der Waals surface area contributed by atoms with Crippen LogP contribution in [0.5, 0.6) is 0 Å². The van der Waals surface area contributed by atoms with E-state index in [1.54, 1.807) is 6.07 Å². The first-order valence-electron chi connectivity index (χ1n) is 5.82. The highest BCUT2D eigenvalue weighted by atomic mass is 35.5. The van der Waals surface area contributed by atoms with Gasteiger partial charge >= 0.3 is 5.97 Å². The molecule has 0 atom stereocenters. The van der Waals surface area contributed by atoms with Gasteiger partial charge in [0.15, 0.2) is 5.03 Å². The molecule has 0 radical (unpaired) electrons. The van der Waals surface area contributed by atoms with Gasteiger partial charge < -0.3 is 5.11 Å². The monoisotopic (exact) mass is 346 g/mol. The number of hydrogen-bond donors (Lipinski definition) is 2.